The second-order valence-corrected chi connectivity index (χ2v) is 9.05. The summed E-state index contributed by atoms with van der Waals surface area (Å²) in [5, 5.41) is 0. The number of hydrogen-bond donors (Lipinski definition) is 0. The smallest absolute Gasteiger partial charge is 0.236 e. The molecule has 0 saturated carbocycles. The predicted molar refractivity (Wildman–Crippen MR) is 129 cm³/mol. The van der Waals surface area contributed by atoms with E-state index in [9.17, 15) is 18.8 Å². The first-order valence-electron chi connectivity index (χ1n) is 11.6. The van der Waals surface area contributed by atoms with Crippen LogP contribution in [0, 0.1) is 24.6 Å². The van der Waals surface area contributed by atoms with Crippen LogP contribution in [0.5, 0.6) is 0 Å². The minimum atomic E-state index is -0.811. The standard InChI is InChI=1S/C26H27FN6O3/c1-16-17(7-4-8-20(16)27)22-18(23(35)25-28-9-5-10-29-25)13-33(15-21(34)32(2)3)14-19(22)24(36)26-30-11-6-12-31-26/h4-12,18-19,22H,13-15H2,1-3H3. The molecule has 36 heavy (non-hydrogen) atoms. The maximum absolute atomic E-state index is 14.7. The fraction of sp³-hybridized carbons (Fsp3) is 0.346. The van der Waals surface area contributed by atoms with Gasteiger partial charge >= 0.3 is 0 Å². The van der Waals surface area contributed by atoms with Crippen molar-refractivity contribution in [2.75, 3.05) is 33.7 Å². The molecule has 1 amide bonds. The average Bonchev–Trinajstić information content (AvgIpc) is 2.90. The van der Waals surface area contributed by atoms with Crippen LogP contribution in [0.25, 0.3) is 0 Å². The Kier molecular flexibility index (Phi) is 7.54. The molecule has 3 heterocycles. The number of hydrogen-bond acceptors (Lipinski definition) is 8. The number of benzene rings is 1. The summed E-state index contributed by atoms with van der Waals surface area (Å²) in [5.41, 5.74) is 0.913. The number of carbonyl (C=O) groups excluding carboxylic acids is 3. The van der Waals surface area contributed by atoms with Crippen molar-refractivity contribution in [1.29, 1.82) is 0 Å². The van der Waals surface area contributed by atoms with Crippen molar-refractivity contribution in [3.05, 3.63) is 83.7 Å². The molecule has 186 valence electrons. The molecule has 2 aromatic heterocycles. The first-order chi connectivity index (χ1) is 17.3. The number of aromatic nitrogens is 4. The molecule has 10 heteroatoms. The van der Waals surface area contributed by atoms with Crippen LogP contribution in [-0.2, 0) is 4.79 Å². The van der Waals surface area contributed by atoms with E-state index in [2.05, 4.69) is 19.9 Å². The second kappa shape index (κ2) is 10.8. The number of likely N-dealkylation sites (N-methyl/N-ethyl adjacent to an activating group) is 1. The highest BCUT2D eigenvalue weighted by Gasteiger charge is 2.47. The summed E-state index contributed by atoms with van der Waals surface area (Å²) in [6.45, 7) is 2.00. The molecule has 3 aromatic rings. The van der Waals surface area contributed by atoms with Crippen molar-refractivity contribution in [3.63, 3.8) is 0 Å². The van der Waals surface area contributed by atoms with E-state index >= 15 is 0 Å². The zero-order valence-corrected chi connectivity index (χ0v) is 20.3. The molecule has 1 aliphatic heterocycles. The minimum Gasteiger partial charge on any atom is -0.348 e. The summed E-state index contributed by atoms with van der Waals surface area (Å²) < 4.78 is 14.7. The summed E-state index contributed by atoms with van der Waals surface area (Å²) in [4.78, 5) is 59.8. The van der Waals surface area contributed by atoms with Crippen molar-refractivity contribution in [3.8, 4) is 0 Å². The number of amides is 1. The molecule has 0 aliphatic carbocycles. The fourth-order valence-electron chi connectivity index (χ4n) is 4.70. The lowest BCUT2D eigenvalue weighted by Crippen LogP contribution is -2.53. The summed E-state index contributed by atoms with van der Waals surface area (Å²) in [5.74, 6) is -3.66. The molecule has 1 saturated heterocycles. The van der Waals surface area contributed by atoms with E-state index in [1.165, 1.54) is 35.8 Å². The first-order valence-corrected chi connectivity index (χ1v) is 11.6. The van der Waals surface area contributed by atoms with E-state index in [-0.39, 0.29) is 48.8 Å². The Morgan fingerprint density at radius 3 is 1.86 bits per heavy atom. The van der Waals surface area contributed by atoms with Gasteiger partial charge in [0.2, 0.25) is 17.5 Å². The van der Waals surface area contributed by atoms with Gasteiger partial charge in [-0.2, -0.15) is 0 Å². The molecule has 2 unspecified atom stereocenters. The zero-order chi connectivity index (χ0) is 25.8. The number of nitrogens with zero attached hydrogens (tertiary/aromatic N) is 6. The molecule has 0 spiro atoms. The second-order valence-electron chi connectivity index (χ2n) is 9.05. The predicted octanol–water partition coefficient (Wildman–Crippen LogP) is 2.20. The van der Waals surface area contributed by atoms with E-state index in [1.54, 1.807) is 50.2 Å². The van der Waals surface area contributed by atoms with E-state index in [1.807, 2.05) is 0 Å². The minimum absolute atomic E-state index is 0.00417. The molecular formula is C26H27FN6O3. The van der Waals surface area contributed by atoms with Crippen molar-refractivity contribution >= 4 is 17.5 Å². The van der Waals surface area contributed by atoms with Crippen LogP contribution in [0.3, 0.4) is 0 Å². The van der Waals surface area contributed by atoms with Gasteiger partial charge in [-0.15, -0.1) is 0 Å². The van der Waals surface area contributed by atoms with Gasteiger partial charge in [-0.3, -0.25) is 19.3 Å². The van der Waals surface area contributed by atoms with Crippen molar-refractivity contribution in [2.24, 2.45) is 11.8 Å². The zero-order valence-electron chi connectivity index (χ0n) is 20.3. The number of likely N-dealkylation sites (tertiary alicyclic amines) is 1. The maximum Gasteiger partial charge on any atom is 0.236 e. The van der Waals surface area contributed by atoms with Crippen LogP contribution in [0.1, 0.15) is 38.3 Å². The number of piperidine rings is 1. The summed E-state index contributed by atoms with van der Waals surface area (Å²) >= 11 is 0. The monoisotopic (exact) mass is 490 g/mol. The van der Waals surface area contributed by atoms with Crippen molar-refractivity contribution in [2.45, 2.75) is 12.8 Å². The third-order valence-corrected chi connectivity index (χ3v) is 6.55. The number of halogens is 1. The van der Waals surface area contributed by atoms with Crippen LogP contribution >= 0.6 is 0 Å². The van der Waals surface area contributed by atoms with E-state index in [0.717, 1.165) is 0 Å². The van der Waals surface area contributed by atoms with Gasteiger partial charge in [0.05, 0.1) is 6.54 Å². The molecular weight excluding hydrogens is 463 g/mol. The molecule has 2 atom stereocenters. The van der Waals surface area contributed by atoms with Crippen LogP contribution in [0.4, 0.5) is 4.39 Å². The Labute approximate surface area is 208 Å². The Morgan fingerprint density at radius 1 is 0.889 bits per heavy atom. The molecule has 4 rings (SSSR count). The van der Waals surface area contributed by atoms with Crippen LogP contribution in [0.15, 0.2) is 55.1 Å². The molecule has 9 nitrogen and oxygen atoms in total. The first kappa shape index (κ1) is 25.2. The molecule has 1 fully saturated rings. The molecule has 0 N–H and O–H groups in total. The van der Waals surface area contributed by atoms with Gasteiger partial charge in [-0.05, 0) is 36.2 Å². The highest BCUT2D eigenvalue weighted by molar-refractivity contribution is 5.99. The molecule has 1 aromatic carbocycles. The fourth-order valence-corrected chi connectivity index (χ4v) is 4.70. The Bertz CT molecular complexity index is 1190. The normalized spacial score (nSPS) is 20.1. The van der Waals surface area contributed by atoms with Crippen LogP contribution < -0.4 is 0 Å². The SMILES string of the molecule is Cc1c(F)cccc1C1C(C(=O)c2ncccn2)CN(CC(=O)N(C)C)CC1C(=O)c1ncccn1. The highest BCUT2D eigenvalue weighted by Crippen LogP contribution is 2.41. The molecule has 0 bridgehead atoms. The van der Waals surface area contributed by atoms with Gasteiger partial charge in [0, 0.05) is 69.7 Å². The lowest BCUT2D eigenvalue weighted by molar-refractivity contribution is -0.130. The topological polar surface area (TPSA) is 109 Å². The van der Waals surface area contributed by atoms with Gasteiger partial charge in [0.15, 0.2) is 11.6 Å². The van der Waals surface area contributed by atoms with Crippen LogP contribution in [-0.4, -0.2) is 80.9 Å². The number of Topliss-reactive ketones (excluding diaryl/α,β-unsaturated/α-hetero) is 2. The lowest BCUT2D eigenvalue weighted by Gasteiger charge is -2.43. The largest absolute Gasteiger partial charge is 0.348 e. The Morgan fingerprint density at radius 2 is 1.39 bits per heavy atom. The van der Waals surface area contributed by atoms with E-state index in [4.69, 9.17) is 0 Å². The number of ketones is 2. The average molecular weight is 491 g/mol. The Balaban J connectivity index is 1.85. The number of rotatable bonds is 7. The highest BCUT2D eigenvalue weighted by atomic mass is 19.1. The van der Waals surface area contributed by atoms with Gasteiger partial charge in [-0.1, -0.05) is 12.1 Å². The van der Waals surface area contributed by atoms with Gasteiger partial charge < -0.3 is 4.90 Å². The third kappa shape index (κ3) is 5.18. The summed E-state index contributed by atoms with van der Waals surface area (Å²) in [6.07, 6.45) is 5.89. The van der Waals surface area contributed by atoms with E-state index in [0.29, 0.717) is 11.1 Å². The third-order valence-electron chi connectivity index (χ3n) is 6.55. The van der Waals surface area contributed by atoms with Gasteiger partial charge in [-0.25, -0.2) is 24.3 Å². The maximum atomic E-state index is 14.7. The van der Waals surface area contributed by atoms with Crippen molar-refractivity contribution < 1.29 is 18.8 Å². The summed E-state index contributed by atoms with van der Waals surface area (Å²) in [6, 6.07) is 7.86. The molecule has 1 aliphatic rings. The molecule has 0 radical (unpaired) electrons. The summed E-state index contributed by atoms with van der Waals surface area (Å²) in [7, 11) is 3.29. The van der Waals surface area contributed by atoms with Gasteiger partial charge in [0.25, 0.3) is 0 Å². The quantitative estimate of drug-likeness (QED) is 0.464. The van der Waals surface area contributed by atoms with Gasteiger partial charge in [0.1, 0.15) is 5.82 Å². The van der Waals surface area contributed by atoms with Crippen LogP contribution in [0.2, 0.25) is 0 Å². The lowest BCUT2D eigenvalue weighted by atomic mass is 9.69. The van der Waals surface area contributed by atoms with Crippen molar-refractivity contribution in [1.82, 2.24) is 29.7 Å². The van der Waals surface area contributed by atoms with E-state index < -0.39 is 23.6 Å². The number of carbonyl (C=O) groups is 3. The Hall–Kier alpha value is -3.92.